The largest absolute Gasteiger partial charge is 0.493 e. The zero-order chi connectivity index (χ0) is 20.7. The maximum Gasteiger partial charge on any atom is 0.339 e. The highest BCUT2D eigenvalue weighted by Crippen LogP contribution is 2.36. The fourth-order valence-corrected chi connectivity index (χ4v) is 3.09. The molecule has 0 fully saturated rings. The summed E-state index contributed by atoms with van der Waals surface area (Å²) in [6.07, 6.45) is -1.06. The summed E-state index contributed by atoms with van der Waals surface area (Å²) in [7, 11) is 2.90. The third-order valence-corrected chi connectivity index (χ3v) is 4.58. The van der Waals surface area contributed by atoms with Crippen molar-refractivity contribution in [3.05, 3.63) is 58.6 Å². The van der Waals surface area contributed by atoms with Gasteiger partial charge in [-0.15, -0.1) is 0 Å². The number of hydrogen-bond donors (Lipinski definition) is 0. The molecule has 0 aliphatic carbocycles. The highest BCUT2D eigenvalue weighted by molar-refractivity contribution is 6.32. The molecule has 0 aliphatic rings. The molecule has 6 nitrogen and oxygen atoms in total. The number of methoxy groups -OCH3 is 2. The third kappa shape index (κ3) is 4.75. The average Bonchev–Trinajstić information content (AvgIpc) is 2.72. The molecule has 0 saturated carbocycles. The quantitative estimate of drug-likeness (QED) is 0.618. The number of nitrogens with zero attached hydrogens (tertiary/aromatic N) is 1. The number of carbonyl (C=O) groups is 2. The fourth-order valence-electron chi connectivity index (χ4n) is 2.80. The number of esters is 1. The Morgan fingerprint density at radius 2 is 1.68 bits per heavy atom. The Morgan fingerprint density at radius 3 is 2.21 bits per heavy atom. The number of carbonyl (C=O) groups excluding carboxylic acids is 2. The molecule has 0 N–H and O–H groups in total. The van der Waals surface area contributed by atoms with Crippen molar-refractivity contribution in [3.63, 3.8) is 0 Å². The van der Waals surface area contributed by atoms with E-state index in [1.54, 1.807) is 29.2 Å². The lowest BCUT2D eigenvalue weighted by molar-refractivity contribution is -0.140. The molecule has 0 bridgehead atoms. The number of rotatable bonds is 8. The van der Waals surface area contributed by atoms with Crippen LogP contribution in [0.2, 0.25) is 5.02 Å². The lowest BCUT2D eigenvalue weighted by Crippen LogP contribution is -2.36. The maximum absolute atomic E-state index is 12.9. The molecule has 1 amide bonds. The van der Waals surface area contributed by atoms with Gasteiger partial charge >= 0.3 is 5.97 Å². The fraction of sp³-hybridized carbons (Fsp3) is 0.333. The Hall–Kier alpha value is -2.73. The van der Waals surface area contributed by atoms with Crippen molar-refractivity contribution in [1.29, 1.82) is 0 Å². The molecular weight excluding hydrogens is 382 g/mol. The molecule has 0 radical (unpaired) electrons. The second-order valence-corrected chi connectivity index (χ2v) is 6.31. The zero-order valence-electron chi connectivity index (χ0n) is 16.4. The summed E-state index contributed by atoms with van der Waals surface area (Å²) in [5.41, 5.74) is 0.759. The van der Waals surface area contributed by atoms with Gasteiger partial charge in [0.15, 0.2) is 11.5 Å². The van der Waals surface area contributed by atoms with E-state index in [9.17, 15) is 9.59 Å². The average molecular weight is 406 g/mol. The Labute approximate surface area is 169 Å². The first-order valence-corrected chi connectivity index (χ1v) is 9.30. The maximum atomic E-state index is 12.9. The van der Waals surface area contributed by atoms with E-state index in [0.717, 1.165) is 0 Å². The normalized spacial score (nSPS) is 11.5. The number of hydrogen-bond acceptors (Lipinski definition) is 5. The van der Waals surface area contributed by atoms with Gasteiger partial charge in [-0.25, -0.2) is 4.79 Å². The van der Waals surface area contributed by atoms with Crippen LogP contribution in [0.15, 0.2) is 42.5 Å². The Morgan fingerprint density at radius 1 is 1.04 bits per heavy atom. The Balaban J connectivity index is 2.38. The second kappa shape index (κ2) is 9.99. The van der Waals surface area contributed by atoms with E-state index in [1.807, 2.05) is 19.9 Å². The minimum Gasteiger partial charge on any atom is -0.493 e. The first-order valence-electron chi connectivity index (χ1n) is 8.92. The van der Waals surface area contributed by atoms with Crippen molar-refractivity contribution in [2.75, 3.05) is 27.3 Å². The molecule has 0 heterocycles. The topological polar surface area (TPSA) is 65.1 Å². The van der Waals surface area contributed by atoms with Crippen LogP contribution in [-0.4, -0.2) is 44.1 Å². The molecule has 2 rings (SSSR count). The van der Waals surface area contributed by atoms with E-state index in [0.29, 0.717) is 30.2 Å². The monoisotopic (exact) mass is 405 g/mol. The number of halogens is 1. The van der Waals surface area contributed by atoms with Gasteiger partial charge < -0.3 is 19.1 Å². The predicted molar refractivity (Wildman–Crippen MR) is 107 cm³/mol. The molecule has 0 unspecified atom stereocenters. The second-order valence-electron chi connectivity index (χ2n) is 5.90. The molecular formula is C21H24ClNO5. The van der Waals surface area contributed by atoms with E-state index >= 15 is 0 Å². The van der Waals surface area contributed by atoms with Crippen molar-refractivity contribution < 1.29 is 23.8 Å². The third-order valence-electron chi connectivity index (χ3n) is 4.30. The van der Waals surface area contributed by atoms with E-state index in [1.165, 1.54) is 26.4 Å². The van der Waals surface area contributed by atoms with Crippen molar-refractivity contribution in [2.24, 2.45) is 0 Å². The molecule has 0 saturated heterocycles. The highest BCUT2D eigenvalue weighted by atomic mass is 35.5. The number of likely N-dealkylation sites (N-methyl/N-ethyl adjacent to an activating group) is 1. The first-order chi connectivity index (χ1) is 13.5. The van der Waals surface area contributed by atoms with Crippen LogP contribution < -0.4 is 9.47 Å². The van der Waals surface area contributed by atoms with Gasteiger partial charge in [0.05, 0.1) is 24.8 Å². The molecule has 2 aromatic carbocycles. The van der Waals surface area contributed by atoms with E-state index in [4.69, 9.17) is 25.8 Å². The summed E-state index contributed by atoms with van der Waals surface area (Å²) in [5, 5.41) is 0.208. The van der Waals surface area contributed by atoms with Gasteiger partial charge in [0.2, 0.25) is 6.10 Å². The predicted octanol–water partition coefficient (Wildman–Crippen LogP) is 4.12. The number of benzene rings is 2. The smallest absolute Gasteiger partial charge is 0.339 e. The highest BCUT2D eigenvalue weighted by Gasteiger charge is 2.29. The van der Waals surface area contributed by atoms with Gasteiger partial charge in [-0.3, -0.25) is 4.79 Å². The van der Waals surface area contributed by atoms with Crippen LogP contribution in [0.4, 0.5) is 0 Å². The Bertz CT molecular complexity index is 821. The Kier molecular flexibility index (Phi) is 7.70. The van der Waals surface area contributed by atoms with Crippen LogP contribution in [0.5, 0.6) is 11.5 Å². The summed E-state index contributed by atoms with van der Waals surface area (Å²) in [6.45, 7) is 4.77. The lowest BCUT2D eigenvalue weighted by Gasteiger charge is -2.25. The van der Waals surface area contributed by atoms with Gasteiger partial charge in [0.1, 0.15) is 0 Å². The van der Waals surface area contributed by atoms with Crippen LogP contribution >= 0.6 is 11.6 Å². The van der Waals surface area contributed by atoms with Gasteiger partial charge in [-0.05, 0) is 26.0 Å². The van der Waals surface area contributed by atoms with Gasteiger partial charge in [-0.1, -0.05) is 41.9 Å². The minimum atomic E-state index is -1.06. The van der Waals surface area contributed by atoms with Crippen molar-refractivity contribution in [2.45, 2.75) is 20.0 Å². The van der Waals surface area contributed by atoms with Gasteiger partial charge in [0.25, 0.3) is 5.91 Å². The molecule has 28 heavy (non-hydrogen) atoms. The van der Waals surface area contributed by atoms with Gasteiger partial charge in [-0.2, -0.15) is 0 Å². The zero-order valence-corrected chi connectivity index (χ0v) is 17.2. The van der Waals surface area contributed by atoms with Crippen LogP contribution in [0, 0.1) is 0 Å². The van der Waals surface area contributed by atoms with E-state index in [-0.39, 0.29) is 16.5 Å². The lowest BCUT2D eigenvalue weighted by atomic mass is 10.1. The van der Waals surface area contributed by atoms with Crippen LogP contribution in [-0.2, 0) is 9.53 Å². The molecule has 0 aromatic heterocycles. The number of amides is 1. The van der Waals surface area contributed by atoms with Crippen molar-refractivity contribution in [3.8, 4) is 11.5 Å². The molecule has 7 heteroatoms. The van der Waals surface area contributed by atoms with Crippen LogP contribution in [0.1, 0.15) is 35.9 Å². The van der Waals surface area contributed by atoms with Crippen LogP contribution in [0.3, 0.4) is 0 Å². The molecule has 1 atom stereocenters. The first kappa shape index (κ1) is 21.6. The molecule has 2 aromatic rings. The summed E-state index contributed by atoms with van der Waals surface area (Å²) in [4.78, 5) is 27.4. The molecule has 150 valence electrons. The molecule has 0 spiro atoms. The SMILES string of the molecule is CCN(CC)C(=O)[C@H](OC(=O)c1cc(Cl)c(OC)c(OC)c1)c1ccccc1. The summed E-state index contributed by atoms with van der Waals surface area (Å²) >= 11 is 6.18. The summed E-state index contributed by atoms with van der Waals surface area (Å²) in [6, 6.07) is 11.8. The van der Waals surface area contributed by atoms with Crippen LogP contribution in [0.25, 0.3) is 0 Å². The van der Waals surface area contributed by atoms with Gasteiger partial charge in [0, 0.05) is 18.7 Å². The number of ether oxygens (including phenoxy) is 3. The van der Waals surface area contributed by atoms with Crippen molar-refractivity contribution >= 4 is 23.5 Å². The standard InChI is InChI=1S/C21H24ClNO5/c1-5-23(6-2)20(24)18(14-10-8-7-9-11-14)28-21(25)15-12-16(22)19(27-4)17(13-15)26-3/h7-13,18H,5-6H2,1-4H3/t18-/m1/s1. The summed E-state index contributed by atoms with van der Waals surface area (Å²) in [5.74, 6) is -0.346. The minimum absolute atomic E-state index is 0.163. The van der Waals surface area contributed by atoms with E-state index in [2.05, 4.69) is 0 Å². The van der Waals surface area contributed by atoms with E-state index < -0.39 is 12.1 Å². The molecule has 0 aliphatic heterocycles. The van der Waals surface area contributed by atoms with Crippen molar-refractivity contribution in [1.82, 2.24) is 4.90 Å². The summed E-state index contributed by atoms with van der Waals surface area (Å²) < 4.78 is 16.0.